The quantitative estimate of drug-likeness (QED) is 0.703. The predicted octanol–water partition coefficient (Wildman–Crippen LogP) is 4.75. The van der Waals surface area contributed by atoms with Crippen molar-refractivity contribution in [2.24, 2.45) is 0 Å². The zero-order valence-electron chi connectivity index (χ0n) is 13.5. The molecule has 0 saturated carbocycles. The summed E-state index contributed by atoms with van der Waals surface area (Å²) in [6.07, 6.45) is 1.07. The number of thiocarbonyl (C=S) groups is 1. The Bertz CT molecular complexity index is 719. The maximum absolute atomic E-state index is 12.2. The monoisotopic (exact) mass is 406 g/mol. The molecule has 1 atom stereocenters. The number of carbonyl (C=O) groups is 1. The summed E-state index contributed by atoms with van der Waals surface area (Å²) in [5.41, 5.74) is 1.31. The minimum Gasteiger partial charge on any atom is -0.491 e. The van der Waals surface area contributed by atoms with Gasteiger partial charge >= 0.3 is 0 Å². The fourth-order valence-electron chi connectivity index (χ4n) is 1.89. The second kappa shape index (κ2) is 8.80. The summed E-state index contributed by atoms with van der Waals surface area (Å²) < 4.78 is 6.57. The zero-order chi connectivity index (χ0) is 17.5. The zero-order valence-corrected chi connectivity index (χ0v) is 15.9. The van der Waals surface area contributed by atoms with Crippen LogP contribution in [0.15, 0.2) is 53.0 Å². The van der Waals surface area contributed by atoms with Gasteiger partial charge in [-0.3, -0.25) is 10.1 Å². The number of amides is 1. The summed E-state index contributed by atoms with van der Waals surface area (Å²) in [5.74, 6) is 0.476. The van der Waals surface area contributed by atoms with Gasteiger partial charge < -0.3 is 10.1 Å². The Morgan fingerprint density at radius 3 is 2.50 bits per heavy atom. The summed E-state index contributed by atoms with van der Waals surface area (Å²) in [6.45, 7) is 4.07. The first-order valence-corrected chi connectivity index (χ1v) is 8.83. The Balaban J connectivity index is 1.94. The molecule has 0 saturated heterocycles. The normalized spacial score (nSPS) is 11.5. The van der Waals surface area contributed by atoms with Crippen LogP contribution in [0.5, 0.6) is 5.75 Å². The summed E-state index contributed by atoms with van der Waals surface area (Å²) in [5, 5.41) is 5.89. The highest BCUT2D eigenvalue weighted by Gasteiger charge is 2.09. The highest BCUT2D eigenvalue weighted by atomic mass is 79.9. The summed E-state index contributed by atoms with van der Waals surface area (Å²) in [7, 11) is 0. The number of hydrogen-bond acceptors (Lipinski definition) is 3. The molecule has 0 aliphatic carbocycles. The Hall–Kier alpha value is -1.92. The van der Waals surface area contributed by atoms with Gasteiger partial charge in [-0.1, -0.05) is 19.1 Å². The highest BCUT2D eigenvalue weighted by molar-refractivity contribution is 9.10. The van der Waals surface area contributed by atoms with Crippen molar-refractivity contribution in [2.75, 3.05) is 5.32 Å². The molecule has 0 aromatic heterocycles. The lowest BCUT2D eigenvalue weighted by Gasteiger charge is -2.13. The van der Waals surface area contributed by atoms with E-state index in [2.05, 4.69) is 33.5 Å². The van der Waals surface area contributed by atoms with E-state index in [0.29, 0.717) is 5.56 Å². The maximum atomic E-state index is 12.2. The first kappa shape index (κ1) is 18.4. The second-order valence-corrected chi connectivity index (χ2v) is 6.51. The number of hydrogen-bond donors (Lipinski definition) is 2. The van der Waals surface area contributed by atoms with Crippen LogP contribution in [0.3, 0.4) is 0 Å². The number of anilines is 1. The molecule has 0 radical (unpaired) electrons. The van der Waals surface area contributed by atoms with Gasteiger partial charge in [0.05, 0.1) is 11.8 Å². The number of halogens is 1. The van der Waals surface area contributed by atoms with Crippen LogP contribution in [-0.4, -0.2) is 17.1 Å². The van der Waals surface area contributed by atoms with Gasteiger partial charge in [-0.25, -0.2) is 0 Å². The molecule has 2 aromatic rings. The van der Waals surface area contributed by atoms with Gasteiger partial charge in [0, 0.05) is 10.0 Å². The molecule has 0 fully saturated rings. The third-order valence-electron chi connectivity index (χ3n) is 3.38. The van der Waals surface area contributed by atoms with Crippen molar-refractivity contribution in [1.82, 2.24) is 5.32 Å². The highest BCUT2D eigenvalue weighted by Crippen LogP contribution is 2.21. The Morgan fingerprint density at radius 2 is 1.88 bits per heavy atom. The fraction of sp³-hybridized carbons (Fsp3) is 0.222. The van der Waals surface area contributed by atoms with Crippen LogP contribution in [0, 0.1) is 0 Å². The SMILES string of the molecule is CCC(C)Oc1ccc(C(=O)NC(=S)Nc2ccccc2Br)cc1. The predicted molar refractivity (Wildman–Crippen MR) is 105 cm³/mol. The minimum atomic E-state index is -0.269. The van der Waals surface area contributed by atoms with Crippen molar-refractivity contribution in [3.05, 3.63) is 58.6 Å². The number of benzene rings is 2. The van der Waals surface area contributed by atoms with Crippen molar-refractivity contribution in [2.45, 2.75) is 26.4 Å². The lowest BCUT2D eigenvalue weighted by atomic mass is 10.2. The number of ether oxygens (including phenoxy) is 1. The largest absolute Gasteiger partial charge is 0.491 e. The number of nitrogens with one attached hydrogen (secondary N) is 2. The maximum Gasteiger partial charge on any atom is 0.257 e. The average molecular weight is 407 g/mol. The molecule has 4 nitrogen and oxygen atoms in total. The molecule has 1 unspecified atom stereocenters. The van der Waals surface area contributed by atoms with Crippen molar-refractivity contribution < 1.29 is 9.53 Å². The summed E-state index contributed by atoms with van der Waals surface area (Å²) >= 11 is 8.60. The van der Waals surface area contributed by atoms with Crippen LogP contribution in [0.25, 0.3) is 0 Å². The van der Waals surface area contributed by atoms with Crippen molar-refractivity contribution in [3.63, 3.8) is 0 Å². The Labute approximate surface area is 155 Å². The van der Waals surface area contributed by atoms with Gasteiger partial charge in [0.1, 0.15) is 5.75 Å². The Kier molecular flexibility index (Phi) is 6.75. The average Bonchev–Trinajstić information content (AvgIpc) is 2.57. The van der Waals surface area contributed by atoms with Gasteiger partial charge in [-0.05, 0) is 77.9 Å². The molecule has 6 heteroatoms. The molecule has 2 aromatic carbocycles. The van der Waals surface area contributed by atoms with Crippen LogP contribution < -0.4 is 15.4 Å². The Morgan fingerprint density at radius 1 is 1.21 bits per heavy atom. The lowest BCUT2D eigenvalue weighted by molar-refractivity contribution is 0.0977. The number of para-hydroxylation sites is 1. The van der Waals surface area contributed by atoms with E-state index < -0.39 is 0 Å². The molecule has 0 heterocycles. The first-order chi connectivity index (χ1) is 11.5. The molecular weight excluding hydrogens is 388 g/mol. The van der Waals surface area contributed by atoms with Crippen molar-refractivity contribution in [1.29, 1.82) is 0 Å². The molecule has 0 bridgehead atoms. The number of carbonyl (C=O) groups excluding carboxylic acids is 1. The molecule has 0 spiro atoms. The van der Waals surface area contributed by atoms with Gasteiger partial charge in [0.25, 0.3) is 5.91 Å². The smallest absolute Gasteiger partial charge is 0.257 e. The van der Waals surface area contributed by atoms with Gasteiger partial charge in [-0.2, -0.15) is 0 Å². The van der Waals surface area contributed by atoms with E-state index in [1.165, 1.54) is 0 Å². The second-order valence-electron chi connectivity index (χ2n) is 5.25. The van der Waals surface area contributed by atoms with Crippen LogP contribution >= 0.6 is 28.1 Å². The number of rotatable bonds is 5. The molecule has 126 valence electrons. The molecule has 2 N–H and O–H groups in total. The van der Waals surface area contributed by atoms with E-state index in [0.717, 1.165) is 22.3 Å². The topological polar surface area (TPSA) is 50.4 Å². The van der Waals surface area contributed by atoms with Gasteiger partial charge in [0.2, 0.25) is 0 Å². The van der Waals surface area contributed by atoms with E-state index in [9.17, 15) is 4.79 Å². The standard InChI is InChI=1S/C18H19BrN2O2S/c1-3-12(2)23-14-10-8-13(9-11-14)17(22)21-18(24)20-16-7-5-4-6-15(16)19/h4-12H,3H2,1-2H3,(H2,20,21,22,24). The van der Waals surface area contributed by atoms with Crippen LogP contribution in [0.2, 0.25) is 0 Å². The first-order valence-electron chi connectivity index (χ1n) is 7.63. The van der Waals surface area contributed by atoms with Gasteiger partial charge in [-0.15, -0.1) is 0 Å². The molecular formula is C18H19BrN2O2S. The van der Waals surface area contributed by atoms with E-state index in [1.807, 2.05) is 31.2 Å². The minimum absolute atomic E-state index is 0.144. The van der Waals surface area contributed by atoms with Crippen LogP contribution in [-0.2, 0) is 0 Å². The third kappa shape index (κ3) is 5.32. The summed E-state index contributed by atoms with van der Waals surface area (Å²) in [4.78, 5) is 12.2. The van der Waals surface area contributed by atoms with E-state index >= 15 is 0 Å². The third-order valence-corrected chi connectivity index (χ3v) is 4.27. The van der Waals surface area contributed by atoms with E-state index in [4.69, 9.17) is 17.0 Å². The van der Waals surface area contributed by atoms with Gasteiger partial charge in [0.15, 0.2) is 5.11 Å². The van der Waals surface area contributed by atoms with Crippen molar-refractivity contribution >= 4 is 44.9 Å². The molecule has 2 rings (SSSR count). The van der Waals surface area contributed by atoms with Crippen LogP contribution in [0.1, 0.15) is 30.6 Å². The van der Waals surface area contributed by atoms with Crippen LogP contribution in [0.4, 0.5) is 5.69 Å². The van der Waals surface area contributed by atoms with E-state index in [-0.39, 0.29) is 17.1 Å². The summed E-state index contributed by atoms with van der Waals surface area (Å²) in [6, 6.07) is 14.5. The molecule has 0 aliphatic rings. The van der Waals surface area contributed by atoms with Crippen molar-refractivity contribution in [3.8, 4) is 5.75 Å². The molecule has 1 amide bonds. The fourth-order valence-corrected chi connectivity index (χ4v) is 2.48. The van der Waals surface area contributed by atoms with E-state index in [1.54, 1.807) is 24.3 Å². The molecule has 0 aliphatic heterocycles. The lowest BCUT2D eigenvalue weighted by Crippen LogP contribution is -2.34. The molecule has 24 heavy (non-hydrogen) atoms.